The van der Waals surface area contributed by atoms with Gasteiger partial charge in [0.15, 0.2) is 5.82 Å². The summed E-state index contributed by atoms with van der Waals surface area (Å²) in [5.41, 5.74) is 1.61. The van der Waals surface area contributed by atoms with Crippen LogP contribution in [-0.2, 0) is 4.74 Å². The van der Waals surface area contributed by atoms with Gasteiger partial charge in [-0.05, 0) is 23.8 Å². The molecule has 1 aliphatic rings. The number of amides is 1. The summed E-state index contributed by atoms with van der Waals surface area (Å²) in [6.07, 6.45) is -0.419. The Kier molecular flexibility index (Phi) is 6.19. The van der Waals surface area contributed by atoms with Crippen molar-refractivity contribution < 1.29 is 14.1 Å². The van der Waals surface area contributed by atoms with Gasteiger partial charge in [0, 0.05) is 18.7 Å². The van der Waals surface area contributed by atoms with Gasteiger partial charge in [-0.1, -0.05) is 52.6 Å². The van der Waals surface area contributed by atoms with E-state index in [1.54, 1.807) is 36.4 Å². The average molecular weight is 449 g/mol. The van der Waals surface area contributed by atoms with Crippen molar-refractivity contribution in [1.82, 2.24) is 20.8 Å². The lowest BCUT2D eigenvalue weighted by molar-refractivity contribution is 0.0417. The van der Waals surface area contributed by atoms with E-state index in [0.717, 1.165) is 5.56 Å². The third kappa shape index (κ3) is 4.41. The Bertz CT molecular complexity index is 1110. The van der Waals surface area contributed by atoms with Gasteiger partial charge in [0.05, 0.1) is 28.3 Å². The molecule has 2 heterocycles. The lowest BCUT2D eigenvalue weighted by atomic mass is 10.0. The Morgan fingerprint density at radius 1 is 1.17 bits per heavy atom. The first-order chi connectivity index (χ1) is 14.5. The minimum atomic E-state index is -0.693. The molecule has 0 saturated carbocycles. The summed E-state index contributed by atoms with van der Waals surface area (Å²) in [4.78, 5) is 26.9. The summed E-state index contributed by atoms with van der Waals surface area (Å²) in [7, 11) is 0. The molecular weight excluding hydrogens is 431 g/mol. The van der Waals surface area contributed by atoms with Gasteiger partial charge in [-0.15, -0.1) is 0 Å². The largest absolute Gasteiger partial charge is 0.439 e. The van der Waals surface area contributed by atoms with Crippen molar-refractivity contribution in [1.29, 1.82) is 0 Å². The molecule has 8 nitrogen and oxygen atoms in total. The summed E-state index contributed by atoms with van der Waals surface area (Å²) in [6.45, 7) is 1.63. The third-order valence-electron chi connectivity index (χ3n) is 4.76. The highest BCUT2D eigenvalue weighted by molar-refractivity contribution is 6.42. The number of aromatic amines is 1. The predicted octanol–water partition coefficient (Wildman–Crippen LogP) is 2.80. The van der Waals surface area contributed by atoms with E-state index in [0.29, 0.717) is 40.9 Å². The minimum absolute atomic E-state index is 0.182. The molecule has 1 fully saturated rings. The Morgan fingerprint density at radius 3 is 2.77 bits per heavy atom. The van der Waals surface area contributed by atoms with Gasteiger partial charge in [-0.25, -0.2) is 4.79 Å². The zero-order chi connectivity index (χ0) is 21.1. The van der Waals surface area contributed by atoms with Crippen molar-refractivity contribution in [3.8, 4) is 11.4 Å². The maximum Gasteiger partial charge on any atom is 0.439 e. The second-order valence-electron chi connectivity index (χ2n) is 6.74. The number of rotatable bonds is 4. The van der Waals surface area contributed by atoms with Crippen LogP contribution in [-0.4, -0.2) is 41.8 Å². The summed E-state index contributed by atoms with van der Waals surface area (Å²) >= 11 is 12.2. The summed E-state index contributed by atoms with van der Waals surface area (Å²) in [5.74, 6) is -0.847. The zero-order valence-electron chi connectivity index (χ0n) is 15.7. The van der Waals surface area contributed by atoms with Crippen molar-refractivity contribution in [2.45, 2.75) is 12.1 Å². The van der Waals surface area contributed by atoms with Gasteiger partial charge < -0.3 is 15.4 Å². The molecule has 156 valence electrons. The van der Waals surface area contributed by atoms with E-state index in [2.05, 4.69) is 25.3 Å². The molecule has 0 aliphatic carbocycles. The third-order valence-corrected chi connectivity index (χ3v) is 5.50. The zero-order valence-corrected chi connectivity index (χ0v) is 17.2. The molecule has 30 heavy (non-hydrogen) atoms. The molecule has 0 unspecified atom stereocenters. The number of carbonyl (C=O) groups excluding carboxylic acids is 1. The van der Waals surface area contributed by atoms with Crippen molar-refractivity contribution in [2.24, 2.45) is 0 Å². The number of nitrogens with one attached hydrogen (secondary N) is 3. The second kappa shape index (κ2) is 9.01. The van der Waals surface area contributed by atoms with Gasteiger partial charge in [0.1, 0.15) is 6.10 Å². The number of ether oxygens (including phenoxy) is 1. The first-order valence-corrected chi connectivity index (χ1v) is 10.0. The Hall–Kier alpha value is -2.65. The van der Waals surface area contributed by atoms with Crippen LogP contribution in [0.1, 0.15) is 22.0 Å². The fourth-order valence-corrected chi connectivity index (χ4v) is 3.67. The summed E-state index contributed by atoms with van der Waals surface area (Å²) < 4.78 is 10.6. The molecule has 2 atom stereocenters. The van der Waals surface area contributed by atoms with Gasteiger partial charge in [0.2, 0.25) is 0 Å². The highest BCUT2D eigenvalue weighted by atomic mass is 35.5. The Morgan fingerprint density at radius 2 is 2.00 bits per heavy atom. The van der Waals surface area contributed by atoms with Crippen LogP contribution in [0.5, 0.6) is 0 Å². The van der Waals surface area contributed by atoms with Crippen LogP contribution in [0.4, 0.5) is 0 Å². The monoisotopic (exact) mass is 448 g/mol. The molecule has 0 bridgehead atoms. The SMILES string of the molecule is O=C(N[C@@H]1CNCCO[C@H]1c1ccc(Cl)c(Cl)c1)c1ccccc1-c1noc(=O)[nH]1. The molecule has 0 spiro atoms. The smallest absolute Gasteiger partial charge is 0.370 e. The number of hydrogen-bond donors (Lipinski definition) is 3. The van der Waals surface area contributed by atoms with Crippen LogP contribution >= 0.6 is 23.2 Å². The molecule has 10 heteroatoms. The van der Waals surface area contributed by atoms with Gasteiger partial charge >= 0.3 is 5.76 Å². The molecule has 2 aromatic carbocycles. The fraction of sp³-hybridized carbons (Fsp3) is 0.250. The lowest BCUT2D eigenvalue weighted by Gasteiger charge is -2.26. The number of halogens is 2. The standard InChI is InChI=1S/C20H18Cl2N4O4/c21-14-6-5-11(9-15(14)22)17-16(10-23-7-8-29-17)24-19(27)13-4-2-1-3-12(13)18-25-20(28)30-26-18/h1-6,9,16-17,23H,7-8,10H2,(H,24,27)(H,25,26,28)/t16-,17+/m1/s1. The molecule has 1 saturated heterocycles. The molecule has 1 aromatic heterocycles. The highest BCUT2D eigenvalue weighted by Crippen LogP contribution is 2.30. The van der Waals surface area contributed by atoms with Gasteiger partial charge in [0.25, 0.3) is 5.91 Å². The molecule has 3 aromatic rings. The normalized spacial score (nSPS) is 19.3. The maximum atomic E-state index is 13.1. The van der Waals surface area contributed by atoms with Crippen LogP contribution in [0.2, 0.25) is 10.0 Å². The molecule has 3 N–H and O–H groups in total. The van der Waals surface area contributed by atoms with Crippen molar-refractivity contribution in [2.75, 3.05) is 19.7 Å². The predicted molar refractivity (Wildman–Crippen MR) is 112 cm³/mol. The van der Waals surface area contributed by atoms with E-state index < -0.39 is 11.9 Å². The van der Waals surface area contributed by atoms with E-state index in [9.17, 15) is 9.59 Å². The Balaban J connectivity index is 1.62. The minimum Gasteiger partial charge on any atom is -0.370 e. The number of nitrogens with zero attached hydrogens (tertiary/aromatic N) is 1. The highest BCUT2D eigenvalue weighted by Gasteiger charge is 2.29. The van der Waals surface area contributed by atoms with Gasteiger partial charge in [-0.3, -0.25) is 14.3 Å². The first kappa shape index (κ1) is 20.6. The van der Waals surface area contributed by atoms with Crippen LogP contribution in [0.25, 0.3) is 11.4 Å². The van der Waals surface area contributed by atoms with E-state index in [1.165, 1.54) is 0 Å². The number of H-pyrrole nitrogens is 1. The van der Waals surface area contributed by atoms with Crippen molar-refractivity contribution in [3.63, 3.8) is 0 Å². The number of carbonyl (C=O) groups is 1. The number of hydrogen-bond acceptors (Lipinski definition) is 6. The summed E-state index contributed by atoms with van der Waals surface area (Å²) in [6, 6.07) is 11.7. The average Bonchev–Trinajstić information content (AvgIpc) is 3.05. The molecule has 4 rings (SSSR count). The number of benzene rings is 2. The van der Waals surface area contributed by atoms with Crippen molar-refractivity contribution >= 4 is 29.1 Å². The van der Waals surface area contributed by atoms with E-state index in [-0.39, 0.29) is 17.8 Å². The topological polar surface area (TPSA) is 109 Å². The van der Waals surface area contributed by atoms with E-state index in [1.807, 2.05) is 6.07 Å². The van der Waals surface area contributed by atoms with Crippen LogP contribution in [0.15, 0.2) is 51.8 Å². The molecule has 1 amide bonds. The number of aromatic nitrogens is 2. The summed E-state index contributed by atoms with van der Waals surface area (Å²) in [5, 5.41) is 10.8. The van der Waals surface area contributed by atoms with Crippen LogP contribution in [0, 0.1) is 0 Å². The Labute approximate surface area is 181 Å². The van der Waals surface area contributed by atoms with E-state index >= 15 is 0 Å². The van der Waals surface area contributed by atoms with Crippen molar-refractivity contribution in [3.05, 3.63) is 74.2 Å². The molecular formula is C20H18Cl2N4O4. The maximum absolute atomic E-state index is 13.1. The fourth-order valence-electron chi connectivity index (χ4n) is 3.36. The quantitative estimate of drug-likeness (QED) is 0.565. The van der Waals surface area contributed by atoms with Crippen LogP contribution < -0.4 is 16.4 Å². The second-order valence-corrected chi connectivity index (χ2v) is 7.55. The first-order valence-electron chi connectivity index (χ1n) is 9.26. The van der Waals surface area contributed by atoms with E-state index in [4.69, 9.17) is 27.9 Å². The molecule has 1 aliphatic heterocycles. The van der Waals surface area contributed by atoms with Crippen LogP contribution in [0.3, 0.4) is 0 Å². The molecule has 0 radical (unpaired) electrons. The van der Waals surface area contributed by atoms with Gasteiger partial charge in [-0.2, -0.15) is 0 Å². The lowest BCUT2D eigenvalue weighted by Crippen LogP contribution is -2.45.